The maximum absolute atomic E-state index is 5.73. The first-order valence-electron chi connectivity index (χ1n) is 5.67. The Morgan fingerprint density at radius 2 is 2.31 bits per heavy atom. The molecule has 0 aliphatic carbocycles. The zero-order chi connectivity index (χ0) is 11.2. The maximum Gasteiger partial charge on any atom is 0.0962 e. The van der Waals surface area contributed by atoms with Crippen LogP contribution in [-0.2, 0) is 22.6 Å². The van der Waals surface area contributed by atoms with Crippen LogP contribution in [0.3, 0.4) is 0 Å². The Bertz CT molecular complexity index is 310. The highest BCUT2D eigenvalue weighted by atomic mass is 16.5. The summed E-state index contributed by atoms with van der Waals surface area (Å²) in [7, 11) is 0. The smallest absolute Gasteiger partial charge is 0.0962 e. The number of nitrogens with two attached hydrogens (primary N) is 1. The number of hydrogen-bond donors (Lipinski definition) is 1. The van der Waals surface area contributed by atoms with Gasteiger partial charge in [-0.15, -0.1) is 5.10 Å². The molecule has 6 heteroatoms. The van der Waals surface area contributed by atoms with Gasteiger partial charge in [0.15, 0.2) is 0 Å². The van der Waals surface area contributed by atoms with Crippen LogP contribution in [0, 0.1) is 0 Å². The van der Waals surface area contributed by atoms with E-state index >= 15 is 0 Å². The Morgan fingerprint density at radius 1 is 1.50 bits per heavy atom. The molecule has 2 rings (SSSR count). The molecule has 0 saturated carbocycles. The molecule has 16 heavy (non-hydrogen) atoms. The number of ether oxygens (including phenoxy) is 2. The van der Waals surface area contributed by atoms with Crippen molar-refractivity contribution in [3.8, 4) is 0 Å². The molecule has 2 N–H and O–H groups in total. The van der Waals surface area contributed by atoms with Gasteiger partial charge in [-0.25, -0.2) is 4.68 Å². The summed E-state index contributed by atoms with van der Waals surface area (Å²) in [6, 6.07) is 0. The van der Waals surface area contributed by atoms with Gasteiger partial charge in [-0.2, -0.15) is 0 Å². The molecule has 1 aromatic heterocycles. The van der Waals surface area contributed by atoms with Crippen molar-refractivity contribution < 1.29 is 9.47 Å². The fraction of sp³-hybridized carbons (Fsp3) is 0.800. The van der Waals surface area contributed by atoms with E-state index in [1.54, 1.807) is 4.68 Å². The monoisotopic (exact) mass is 226 g/mol. The summed E-state index contributed by atoms with van der Waals surface area (Å²) in [5.41, 5.74) is 6.26. The number of rotatable bonds is 5. The van der Waals surface area contributed by atoms with Crippen molar-refractivity contribution in [1.29, 1.82) is 0 Å². The third-order valence-corrected chi connectivity index (χ3v) is 2.64. The van der Waals surface area contributed by atoms with E-state index < -0.39 is 0 Å². The van der Waals surface area contributed by atoms with Crippen LogP contribution in [0.2, 0.25) is 0 Å². The predicted octanol–water partition coefficient (Wildman–Crippen LogP) is -0.0676. The summed E-state index contributed by atoms with van der Waals surface area (Å²) in [6.07, 6.45) is 4.18. The molecule has 0 aromatic carbocycles. The van der Waals surface area contributed by atoms with Gasteiger partial charge in [0.25, 0.3) is 0 Å². The van der Waals surface area contributed by atoms with E-state index in [4.69, 9.17) is 15.2 Å². The quantitative estimate of drug-likeness (QED) is 0.760. The van der Waals surface area contributed by atoms with Crippen molar-refractivity contribution in [2.24, 2.45) is 5.73 Å². The second-order valence-electron chi connectivity index (χ2n) is 3.86. The van der Waals surface area contributed by atoms with Gasteiger partial charge in [-0.1, -0.05) is 5.21 Å². The molecule has 1 saturated heterocycles. The second kappa shape index (κ2) is 5.93. The highest BCUT2D eigenvalue weighted by Crippen LogP contribution is 2.10. The molecule has 0 spiro atoms. The Kier molecular flexibility index (Phi) is 4.26. The van der Waals surface area contributed by atoms with Gasteiger partial charge < -0.3 is 15.2 Å². The molecule has 1 aliphatic heterocycles. The SMILES string of the molecule is NCc1cn(CCOC2CCOCC2)nn1. The van der Waals surface area contributed by atoms with Gasteiger partial charge >= 0.3 is 0 Å². The van der Waals surface area contributed by atoms with Crippen LogP contribution in [0.25, 0.3) is 0 Å². The van der Waals surface area contributed by atoms with Crippen molar-refractivity contribution in [1.82, 2.24) is 15.0 Å². The fourth-order valence-corrected chi connectivity index (χ4v) is 1.70. The highest BCUT2D eigenvalue weighted by molar-refractivity contribution is 4.90. The van der Waals surface area contributed by atoms with Crippen LogP contribution < -0.4 is 5.73 Å². The van der Waals surface area contributed by atoms with E-state index in [-0.39, 0.29) is 0 Å². The van der Waals surface area contributed by atoms with E-state index in [1.807, 2.05) is 6.20 Å². The maximum atomic E-state index is 5.73. The topological polar surface area (TPSA) is 75.2 Å². The van der Waals surface area contributed by atoms with E-state index in [1.165, 1.54) is 0 Å². The minimum absolute atomic E-state index is 0.339. The summed E-state index contributed by atoms with van der Waals surface area (Å²) < 4.78 is 12.8. The molecule has 1 fully saturated rings. The number of nitrogens with zero attached hydrogens (tertiary/aromatic N) is 3. The molecular formula is C10H18N4O2. The first-order chi connectivity index (χ1) is 7.88. The predicted molar refractivity (Wildman–Crippen MR) is 57.7 cm³/mol. The molecule has 0 unspecified atom stereocenters. The molecule has 2 heterocycles. The van der Waals surface area contributed by atoms with Crippen LogP contribution in [0.1, 0.15) is 18.5 Å². The van der Waals surface area contributed by atoms with Crippen LogP contribution >= 0.6 is 0 Å². The lowest BCUT2D eigenvalue weighted by molar-refractivity contribution is -0.0345. The van der Waals surface area contributed by atoms with Gasteiger partial charge in [0.2, 0.25) is 0 Å². The van der Waals surface area contributed by atoms with E-state index in [0.29, 0.717) is 19.3 Å². The van der Waals surface area contributed by atoms with Crippen LogP contribution in [0.5, 0.6) is 0 Å². The third-order valence-electron chi connectivity index (χ3n) is 2.64. The summed E-state index contributed by atoms with van der Waals surface area (Å²) >= 11 is 0. The van der Waals surface area contributed by atoms with Gasteiger partial charge in [0.1, 0.15) is 0 Å². The fourth-order valence-electron chi connectivity index (χ4n) is 1.70. The second-order valence-corrected chi connectivity index (χ2v) is 3.86. The lowest BCUT2D eigenvalue weighted by Crippen LogP contribution is -2.24. The zero-order valence-corrected chi connectivity index (χ0v) is 9.34. The number of aromatic nitrogens is 3. The van der Waals surface area contributed by atoms with Gasteiger partial charge in [-0.3, -0.25) is 0 Å². The summed E-state index contributed by atoms with van der Waals surface area (Å²) in [5, 5.41) is 7.86. The van der Waals surface area contributed by atoms with Crippen molar-refractivity contribution in [3.63, 3.8) is 0 Å². The molecular weight excluding hydrogens is 208 g/mol. The van der Waals surface area contributed by atoms with Crippen molar-refractivity contribution >= 4 is 0 Å². The standard InChI is InChI=1S/C10H18N4O2/c11-7-9-8-14(13-12-9)3-6-16-10-1-4-15-5-2-10/h8,10H,1-7,11H2. The van der Waals surface area contributed by atoms with Gasteiger partial charge in [-0.05, 0) is 12.8 Å². The lowest BCUT2D eigenvalue weighted by atomic mass is 10.2. The van der Waals surface area contributed by atoms with Crippen LogP contribution in [0.15, 0.2) is 6.20 Å². The Hall–Kier alpha value is -0.980. The minimum Gasteiger partial charge on any atom is -0.381 e. The Labute approximate surface area is 94.7 Å². The van der Waals surface area contributed by atoms with E-state index in [2.05, 4.69) is 10.3 Å². The molecule has 1 aliphatic rings. The molecule has 0 bridgehead atoms. The Balaban J connectivity index is 1.66. The molecule has 6 nitrogen and oxygen atoms in total. The number of hydrogen-bond acceptors (Lipinski definition) is 5. The zero-order valence-electron chi connectivity index (χ0n) is 9.34. The molecule has 1 aromatic rings. The lowest BCUT2D eigenvalue weighted by Gasteiger charge is -2.22. The normalized spacial score (nSPS) is 17.8. The molecule has 90 valence electrons. The Morgan fingerprint density at radius 3 is 3.00 bits per heavy atom. The summed E-state index contributed by atoms with van der Waals surface area (Å²) in [6.45, 7) is 3.44. The average molecular weight is 226 g/mol. The largest absolute Gasteiger partial charge is 0.381 e. The van der Waals surface area contributed by atoms with E-state index in [9.17, 15) is 0 Å². The van der Waals surface area contributed by atoms with Crippen LogP contribution in [0.4, 0.5) is 0 Å². The van der Waals surface area contributed by atoms with E-state index in [0.717, 1.165) is 38.3 Å². The molecule has 0 atom stereocenters. The first kappa shape index (κ1) is 11.5. The average Bonchev–Trinajstić information content (AvgIpc) is 2.78. The highest BCUT2D eigenvalue weighted by Gasteiger charge is 2.13. The molecule has 0 radical (unpaired) electrons. The van der Waals surface area contributed by atoms with Crippen molar-refractivity contribution in [2.45, 2.75) is 32.0 Å². The van der Waals surface area contributed by atoms with Gasteiger partial charge in [0.05, 0.1) is 24.9 Å². The summed E-state index contributed by atoms with van der Waals surface area (Å²) in [4.78, 5) is 0. The van der Waals surface area contributed by atoms with Crippen molar-refractivity contribution in [3.05, 3.63) is 11.9 Å². The first-order valence-corrected chi connectivity index (χ1v) is 5.67. The molecule has 0 amide bonds. The summed E-state index contributed by atoms with van der Waals surface area (Å²) in [5.74, 6) is 0. The van der Waals surface area contributed by atoms with Crippen LogP contribution in [-0.4, -0.2) is 40.9 Å². The minimum atomic E-state index is 0.339. The third kappa shape index (κ3) is 3.26. The van der Waals surface area contributed by atoms with Gasteiger partial charge in [0, 0.05) is 26.0 Å². The van der Waals surface area contributed by atoms with Crippen molar-refractivity contribution in [2.75, 3.05) is 19.8 Å².